The summed E-state index contributed by atoms with van der Waals surface area (Å²) >= 11 is 0. The average Bonchev–Trinajstić information content (AvgIpc) is 3.10. The van der Waals surface area contributed by atoms with Gasteiger partial charge in [-0.3, -0.25) is 4.79 Å². The quantitative estimate of drug-likeness (QED) is 0.884. The molecule has 2 atom stereocenters. The van der Waals surface area contributed by atoms with Gasteiger partial charge in [-0.15, -0.1) is 0 Å². The second-order valence-electron chi connectivity index (χ2n) is 6.10. The highest BCUT2D eigenvalue weighted by atomic mass is 16.5. The summed E-state index contributed by atoms with van der Waals surface area (Å²) in [5, 5.41) is 6.27. The van der Waals surface area contributed by atoms with Crippen LogP contribution < -0.4 is 15.5 Å². The molecule has 1 amide bonds. The molecule has 5 heteroatoms. The van der Waals surface area contributed by atoms with E-state index in [0.717, 1.165) is 25.2 Å². The number of carbonyl (C=O) groups is 1. The molecule has 2 aliphatic rings. The molecule has 2 fully saturated rings. The van der Waals surface area contributed by atoms with E-state index in [0.29, 0.717) is 13.2 Å². The summed E-state index contributed by atoms with van der Waals surface area (Å²) in [6.45, 7) is 6.16. The standard InChI is InChI=1S/C17H25N3O2/c1-13(19-17(21)16-12-22-10-7-18-16)14-5-4-6-15(11-14)20-8-2-3-9-20/h4-6,11,13,16,18H,2-3,7-10,12H2,1H3,(H,19,21). The van der Waals surface area contributed by atoms with Crippen LogP contribution in [0.1, 0.15) is 31.4 Å². The average molecular weight is 303 g/mol. The van der Waals surface area contributed by atoms with Gasteiger partial charge in [-0.2, -0.15) is 0 Å². The fraction of sp³-hybridized carbons (Fsp3) is 0.588. The lowest BCUT2D eigenvalue weighted by atomic mass is 10.1. The molecule has 2 saturated heterocycles. The molecule has 0 aliphatic carbocycles. The summed E-state index contributed by atoms with van der Waals surface area (Å²) in [6, 6.07) is 8.26. The van der Waals surface area contributed by atoms with Gasteiger partial charge in [-0.1, -0.05) is 12.1 Å². The Labute approximate surface area is 132 Å². The van der Waals surface area contributed by atoms with E-state index in [-0.39, 0.29) is 18.0 Å². The molecule has 1 aromatic carbocycles. The van der Waals surface area contributed by atoms with Gasteiger partial charge in [0.05, 0.1) is 19.3 Å². The maximum absolute atomic E-state index is 12.3. The van der Waals surface area contributed by atoms with Crippen LogP contribution in [0.4, 0.5) is 5.69 Å². The highest BCUT2D eigenvalue weighted by Crippen LogP contribution is 2.24. The first-order valence-corrected chi connectivity index (χ1v) is 8.20. The number of benzene rings is 1. The van der Waals surface area contributed by atoms with Gasteiger partial charge in [0.25, 0.3) is 0 Å². The van der Waals surface area contributed by atoms with Crippen LogP contribution in [0.5, 0.6) is 0 Å². The van der Waals surface area contributed by atoms with E-state index in [4.69, 9.17) is 4.74 Å². The van der Waals surface area contributed by atoms with Crippen LogP contribution in [-0.4, -0.2) is 44.8 Å². The minimum Gasteiger partial charge on any atom is -0.378 e. The van der Waals surface area contributed by atoms with Gasteiger partial charge in [-0.05, 0) is 37.5 Å². The predicted molar refractivity (Wildman–Crippen MR) is 87.1 cm³/mol. The largest absolute Gasteiger partial charge is 0.378 e. The first-order chi connectivity index (χ1) is 10.7. The molecule has 0 saturated carbocycles. The van der Waals surface area contributed by atoms with Gasteiger partial charge in [0.15, 0.2) is 0 Å². The predicted octanol–water partition coefficient (Wildman–Crippen LogP) is 1.45. The van der Waals surface area contributed by atoms with Gasteiger partial charge >= 0.3 is 0 Å². The summed E-state index contributed by atoms with van der Waals surface area (Å²) < 4.78 is 5.35. The van der Waals surface area contributed by atoms with E-state index in [1.165, 1.54) is 18.5 Å². The minimum atomic E-state index is -0.238. The molecule has 2 heterocycles. The number of ether oxygens (including phenoxy) is 1. The van der Waals surface area contributed by atoms with E-state index in [2.05, 4.69) is 39.8 Å². The van der Waals surface area contributed by atoms with E-state index in [9.17, 15) is 4.79 Å². The number of carbonyl (C=O) groups excluding carboxylic acids is 1. The Bertz CT molecular complexity index is 508. The number of nitrogens with zero attached hydrogens (tertiary/aromatic N) is 1. The summed E-state index contributed by atoms with van der Waals surface area (Å²) in [4.78, 5) is 14.7. The van der Waals surface area contributed by atoms with Crippen molar-refractivity contribution >= 4 is 11.6 Å². The first-order valence-electron chi connectivity index (χ1n) is 8.20. The molecule has 3 rings (SSSR count). The highest BCUT2D eigenvalue weighted by Gasteiger charge is 2.23. The van der Waals surface area contributed by atoms with Crippen molar-refractivity contribution in [3.8, 4) is 0 Å². The van der Waals surface area contributed by atoms with Crippen molar-refractivity contribution < 1.29 is 9.53 Å². The van der Waals surface area contributed by atoms with Crippen LogP contribution in [0.15, 0.2) is 24.3 Å². The molecule has 120 valence electrons. The van der Waals surface area contributed by atoms with Crippen molar-refractivity contribution in [1.29, 1.82) is 0 Å². The number of hydrogen-bond donors (Lipinski definition) is 2. The smallest absolute Gasteiger partial charge is 0.240 e. The van der Waals surface area contributed by atoms with Crippen molar-refractivity contribution in [2.24, 2.45) is 0 Å². The summed E-state index contributed by atoms with van der Waals surface area (Å²) in [5.74, 6) is 0.0128. The van der Waals surface area contributed by atoms with Crippen molar-refractivity contribution in [1.82, 2.24) is 10.6 Å². The zero-order chi connectivity index (χ0) is 15.4. The topological polar surface area (TPSA) is 53.6 Å². The number of hydrogen-bond acceptors (Lipinski definition) is 4. The molecule has 5 nitrogen and oxygen atoms in total. The third-order valence-electron chi connectivity index (χ3n) is 4.44. The van der Waals surface area contributed by atoms with E-state index < -0.39 is 0 Å². The van der Waals surface area contributed by atoms with Crippen molar-refractivity contribution in [2.75, 3.05) is 37.7 Å². The number of nitrogens with one attached hydrogen (secondary N) is 2. The van der Waals surface area contributed by atoms with Gasteiger partial charge in [-0.25, -0.2) is 0 Å². The second-order valence-corrected chi connectivity index (χ2v) is 6.10. The van der Waals surface area contributed by atoms with Crippen molar-refractivity contribution in [3.05, 3.63) is 29.8 Å². The summed E-state index contributed by atoms with van der Waals surface area (Å²) in [6.07, 6.45) is 2.54. The number of rotatable bonds is 4. The molecular formula is C17H25N3O2. The third-order valence-corrected chi connectivity index (χ3v) is 4.44. The maximum Gasteiger partial charge on any atom is 0.240 e. The van der Waals surface area contributed by atoms with Crippen LogP contribution in [0.2, 0.25) is 0 Å². The van der Waals surface area contributed by atoms with E-state index in [1.807, 2.05) is 6.92 Å². The lowest BCUT2D eigenvalue weighted by Crippen LogP contribution is -2.51. The lowest BCUT2D eigenvalue weighted by molar-refractivity contribution is -0.126. The molecular weight excluding hydrogens is 278 g/mol. The molecule has 2 N–H and O–H groups in total. The number of amides is 1. The second kappa shape index (κ2) is 7.11. The Morgan fingerprint density at radius 1 is 1.41 bits per heavy atom. The minimum absolute atomic E-state index is 0.00113. The van der Waals surface area contributed by atoms with Gasteiger partial charge < -0.3 is 20.3 Å². The monoisotopic (exact) mass is 303 g/mol. The van der Waals surface area contributed by atoms with Crippen LogP contribution in [0, 0.1) is 0 Å². The van der Waals surface area contributed by atoms with Gasteiger partial charge in [0, 0.05) is 25.3 Å². The van der Waals surface area contributed by atoms with Crippen LogP contribution in [0.25, 0.3) is 0 Å². The molecule has 0 radical (unpaired) electrons. The molecule has 1 aromatic rings. The van der Waals surface area contributed by atoms with Crippen LogP contribution in [0.3, 0.4) is 0 Å². The highest BCUT2D eigenvalue weighted by molar-refractivity contribution is 5.82. The van der Waals surface area contributed by atoms with Crippen LogP contribution in [-0.2, 0) is 9.53 Å². The Kier molecular flexibility index (Phi) is 4.95. The summed E-state index contributed by atoms with van der Waals surface area (Å²) in [5.41, 5.74) is 2.41. The molecule has 0 aromatic heterocycles. The molecule has 0 bridgehead atoms. The Morgan fingerprint density at radius 2 is 2.23 bits per heavy atom. The first kappa shape index (κ1) is 15.3. The zero-order valence-corrected chi connectivity index (χ0v) is 13.2. The normalized spacial score (nSPS) is 23.3. The maximum atomic E-state index is 12.3. The van der Waals surface area contributed by atoms with Gasteiger partial charge in [0.1, 0.15) is 6.04 Å². The van der Waals surface area contributed by atoms with Crippen molar-refractivity contribution in [3.63, 3.8) is 0 Å². The van der Waals surface area contributed by atoms with E-state index >= 15 is 0 Å². The summed E-state index contributed by atoms with van der Waals surface area (Å²) in [7, 11) is 0. The fourth-order valence-electron chi connectivity index (χ4n) is 3.10. The number of morpholine rings is 1. The third kappa shape index (κ3) is 3.59. The van der Waals surface area contributed by atoms with Crippen molar-refractivity contribution in [2.45, 2.75) is 31.8 Å². The molecule has 22 heavy (non-hydrogen) atoms. The SMILES string of the molecule is CC(NC(=O)C1COCCN1)c1cccc(N2CCCC2)c1. The Hall–Kier alpha value is -1.59. The Morgan fingerprint density at radius 3 is 2.95 bits per heavy atom. The zero-order valence-electron chi connectivity index (χ0n) is 13.2. The molecule has 0 spiro atoms. The molecule has 2 unspecified atom stereocenters. The van der Waals surface area contributed by atoms with E-state index in [1.54, 1.807) is 0 Å². The fourth-order valence-corrected chi connectivity index (χ4v) is 3.10. The molecule has 2 aliphatic heterocycles. The lowest BCUT2D eigenvalue weighted by Gasteiger charge is -2.25. The Balaban J connectivity index is 1.62. The van der Waals surface area contributed by atoms with Crippen LogP contribution >= 0.6 is 0 Å². The van der Waals surface area contributed by atoms with Gasteiger partial charge in [0.2, 0.25) is 5.91 Å². The number of anilines is 1.